The van der Waals surface area contributed by atoms with Crippen LogP contribution in [0.1, 0.15) is 36.8 Å². The van der Waals surface area contributed by atoms with E-state index in [9.17, 15) is 9.59 Å². The maximum Gasteiger partial charge on any atom is 0.249 e. The Labute approximate surface area is 181 Å². The van der Waals surface area contributed by atoms with Crippen molar-refractivity contribution in [3.63, 3.8) is 0 Å². The molecule has 1 saturated heterocycles. The molecule has 1 aromatic heterocycles. The van der Waals surface area contributed by atoms with Gasteiger partial charge >= 0.3 is 0 Å². The van der Waals surface area contributed by atoms with Gasteiger partial charge < -0.3 is 10.2 Å². The van der Waals surface area contributed by atoms with E-state index >= 15 is 0 Å². The quantitative estimate of drug-likeness (QED) is 0.719. The second kappa shape index (κ2) is 10.2. The summed E-state index contributed by atoms with van der Waals surface area (Å²) >= 11 is 7.62. The second-order valence-corrected chi connectivity index (χ2v) is 9.62. The molecule has 29 heavy (non-hydrogen) atoms. The normalized spacial score (nSPS) is 16.1. The summed E-state index contributed by atoms with van der Waals surface area (Å²) in [4.78, 5) is 31.1. The van der Waals surface area contributed by atoms with E-state index in [1.165, 1.54) is 4.88 Å². The zero-order valence-electron chi connectivity index (χ0n) is 16.9. The standard InChI is InChI=1S/C22H28ClN3O2S/c1-16(2)14-20(27)24-21(17-6-4-3-5-7-17)22(28)26-12-10-25(11-13-26)15-18-8-9-19(23)29-18/h3-9,16,21H,10-15H2,1-2H3,(H,24,27). The van der Waals surface area contributed by atoms with Crippen molar-refractivity contribution in [2.45, 2.75) is 32.9 Å². The minimum atomic E-state index is -0.634. The number of hydrogen-bond acceptors (Lipinski definition) is 4. The Morgan fingerprint density at radius 2 is 1.76 bits per heavy atom. The van der Waals surface area contributed by atoms with Crippen LogP contribution in [-0.2, 0) is 16.1 Å². The first kappa shape index (κ1) is 21.8. The van der Waals surface area contributed by atoms with E-state index in [1.807, 2.05) is 55.1 Å². The molecule has 1 aromatic carbocycles. The molecule has 2 amide bonds. The Balaban J connectivity index is 1.62. The molecule has 0 spiro atoms. The average Bonchev–Trinajstić information content (AvgIpc) is 3.11. The van der Waals surface area contributed by atoms with E-state index in [0.717, 1.165) is 29.5 Å². The topological polar surface area (TPSA) is 52.7 Å². The molecule has 5 nitrogen and oxygen atoms in total. The first-order valence-corrected chi connectivity index (χ1v) is 11.2. The van der Waals surface area contributed by atoms with Crippen molar-refractivity contribution in [1.82, 2.24) is 15.1 Å². The summed E-state index contributed by atoms with van der Waals surface area (Å²) in [5, 5.41) is 2.96. The Morgan fingerprint density at radius 3 is 2.34 bits per heavy atom. The highest BCUT2D eigenvalue weighted by Gasteiger charge is 2.30. The fourth-order valence-corrected chi connectivity index (χ4v) is 4.62. The number of amides is 2. The van der Waals surface area contributed by atoms with Crippen LogP contribution in [0.2, 0.25) is 4.34 Å². The smallest absolute Gasteiger partial charge is 0.249 e. The lowest BCUT2D eigenvalue weighted by Gasteiger charge is -2.36. The molecule has 1 aliphatic heterocycles. The summed E-state index contributed by atoms with van der Waals surface area (Å²) in [6, 6.07) is 12.8. The number of benzene rings is 1. The molecule has 1 unspecified atom stereocenters. The van der Waals surface area contributed by atoms with Crippen LogP contribution in [-0.4, -0.2) is 47.8 Å². The first-order chi connectivity index (χ1) is 13.9. The number of carbonyl (C=O) groups is 2. The van der Waals surface area contributed by atoms with Gasteiger partial charge in [-0.15, -0.1) is 11.3 Å². The molecule has 0 bridgehead atoms. The molecule has 0 radical (unpaired) electrons. The highest BCUT2D eigenvalue weighted by molar-refractivity contribution is 7.16. The van der Waals surface area contributed by atoms with Crippen LogP contribution in [0.5, 0.6) is 0 Å². The lowest BCUT2D eigenvalue weighted by atomic mass is 10.0. The fourth-order valence-electron chi connectivity index (χ4n) is 3.49. The molecule has 1 N–H and O–H groups in total. The zero-order valence-corrected chi connectivity index (χ0v) is 18.5. The Morgan fingerprint density at radius 1 is 1.07 bits per heavy atom. The Hall–Kier alpha value is -1.89. The summed E-state index contributed by atoms with van der Waals surface area (Å²) in [7, 11) is 0. The molecule has 3 rings (SSSR count). The van der Waals surface area contributed by atoms with Crippen LogP contribution in [0.3, 0.4) is 0 Å². The van der Waals surface area contributed by atoms with Gasteiger partial charge in [0.1, 0.15) is 6.04 Å². The molecular formula is C22H28ClN3O2S. The van der Waals surface area contributed by atoms with E-state index in [-0.39, 0.29) is 17.7 Å². The average molecular weight is 434 g/mol. The van der Waals surface area contributed by atoms with Gasteiger partial charge in [-0.3, -0.25) is 14.5 Å². The number of halogens is 1. The van der Waals surface area contributed by atoms with E-state index < -0.39 is 6.04 Å². The van der Waals surface area contributed by atoms with Crippen molar-refractivity contribution in [1.29, 1.82) is 0 Å². The third-order valence-electron chi connectivity index (χ3n) is 4.97. The SMILES string of the molecule is CC(C)CC(=O)NC(C(=O)N1CCN(Cc2ccc(Cl)s2)CC1)c1ccccc1. The maximum absolute atomic E-state index is 13.3. The van der Waals surface area contributed by atoms with Crippen LogP contribution < -0.4 is 5.32 Å². The molecule has 1 fully saturated rings. The van der Waals surface area contributed by atoms with Crippen molar-refractivity contribution in [2.24, 2.45) is 5.92 Å². The molecule has 1 aliphatic rings. The van der Waals surface area contributed by atoms with Crippen molar-refractivity contribution >= 4 is 34.8 Å². The van der Waals surface area contributed by atoms with Gasteiger partial charge in [0.25, 0.3) is 0 Å². The number of nitrogens with zero attached hydrogens (tertiary/aromatic N) is 2. The van der Waals surface area contributed by atoms with E-state index in [1.54, 1.807) is 11.3 Å². The summed E-state index contributed by atoms with van der Waals surface area (Å²) in [5.41, 5.74) is 0.824. The number of nitrogens with one attached hydrogen (secondary N) is 1. The Bertz CT molecular complexity index is 816. The first-order valence-electron chi connectivity index (χ1n) is 10.0. The van der Waals surface area contributed by atoms with Crippen molar-refractivity contribution < 1.29 is 9.59 Å². The molecular weight excluding hydrogens is 406 g/mol. The number of piperazine rings is 1. The zero-order chi connectivity index (χ0) is 20.8. The van der Waals surface area contributed by atoms with Crippen molar-refractivity contribution in [3.8, 4) is 0 Å². The van der Waals surface area contributed by atoms with Crippen LogP contribution >= 0.6 is 22.9 Å². The molecule has 1 atom stereocenters. The van der Waals surface area contributed by atoms with Crippen LogP contribution in [0.15, 0.2) is 42.5 Å². The van der Waals surface area contributed by atoms with Gasteiger partial charge in [0.2, 0.25) is 11.8 Å². The van der Waals surface area contributed by atoms with E-state index in [2.05, 4.69) is 16.3 Å². The number of thiophene rings is 1. The van der Waals surface area contributed by atoms with Gasteiger partial charge in [0.05, 0.1) is 4.34 Å². The lowest BCUT2D eigenvalue weighted by molar-refractivity contribution is -0.138. The van der Waals surface area contributed by atoms with Crippen molar-refractivity contribution in [3.05, 3.63) is 57.2 Å². The summed E-state index contributed by atoms with van der Waals surface area (Å²) in [5.74, 6) is 0.123. The van der Waals surface area contributed by atoms with Gasteiger partial charge in [-0.2, -0.15) is 0 Å². The van der Waals surface area contributed by atoms with Crippen molar-refractivity contribution in [2.75, 3.05) is 26.2 Å². The summed E-state index contributed by atoms with van der Waals surface area (Å²) in [6.07, 6.45) is 0.410. The Kier molecular flexibility index (Phi) is 7.70. The van der Waals surface area contributed by atoms with Gasteiger partial charge in [-0.1, -0.05) is 55.8 Å². The van der Waals surface area contributed by atoms with Gasteiger partial charge in [-0.25, -0.2) is 0 Å². The fraction of sp³-hybridized carbons (Fsp3) is 0.455. The van der Waals surface area contributed by atoms with Gasteiger partial charge in [0.15, 0.2) is 0 Å². The van der Waals surface area contributed by atoms with Gasteiger partial charge in [-0.05, 0) is 23.6 Å². The monoisotopic (exact) mass is 433 g/mol. The predicted molar refractivity (Wildman–Crippen MR) is 118 cm³/mol. The minimum absolute atomic E-state index is 0.0351. The molecule has 2 aromatic rings. The third-order valence-corrected chi connectivity index (χ3v) is 6.19. The van der Waals surface area contributed by atoms with Crippen LogP contribution in [0.25, 0.3) is 0 Å². The van der Waals surface area contributed by atoms with Gasteiger partial charge in [0, 0.05) is 44.0 Å². The van der Waals surface area contributed by atoms with E-state index in [0.29, 0.717) is 19.5 Å². The molecule has 0 aliphatic carbocycles. The summed E-state index contributed by atoms with van der Waals surface area (Å²) < 4.78 is 0.802. The van der Waals surface area contributed by atoms with Crippen LogP contribution in [0.4, 0.5) is 0 Å². The lowest BCUT2D eigenvalue weighted by Crippen LogP contribution is -2.51. The predicted octanol–water partition coefficient (Wildman–Crippen LogP) is 3.95. The highest BCUT2D eigenvalue weighted by Crippen LogP contribution is 2.24. The number of hydrogen-bond donors (Lipinski definition) is 1. The van der Waals surface area contributed by atoms with E-state index in [4.69, 9.17) is 11.6 Å². The largest absolute Gasteiger partial charge is 0.341 e. The summed E-state index contributed by atoms with van der Waals surface area (Å²) in [6.45, 7) is 7.78. The second-order valence-electron chi connectivity index (χ2n) is 7.82. The highest BCUT2D eigenvalue weighted by atomic mass is 35.5. The van der Waals surface area contributed by atoms with Crippen LogP contribution in [0, 0.1) is 5.92 Å². The molecule has 7 heteroatoms. The third kappa shape index (κ3) is 6.29. The molecule has 0 saturated carbocycles. The number of carbonyl (C=O) groups excluding carboxylic acids is 2. The minimum Gasteiger partial charge on any atom is -0.341 e. The molecule has 2 heterocycles. The molecule has 156 valence electrons. The number of rotatable bonds is 7. The maximum atomic E-state index is 13.3.